The van der Waals surface area contributed by atoms with E-state index in [1.807, 2.05) is 0 Å². The van der Waals surface area contributed by atoms with Gasteiger partial charge in [-0.25, -0.2) is 0 Å². The second-order valence-electron chi connectivity index (χ2n) is 6.41. The first-order valence-corrected chi connectivity index (χ1v) is 8.06. The molecule has 3 atom stereocenters. The van der Waals surface area contributed by atoms with Crippen molar-refractivity contribution in [1.82, 2.24) is 5.32 Å². The summed E-state index contributed by atoms with van der Waals surface area (Å²) in [4.78, 5) is 0. The van der Waals surface area contributed by atoms with Crippen molar-refractivity contribution in [2.75, 3.05) is 6.54 Å². The van der Waals surface area contributed by atoms with E-state index < -0.39 is 0 Å². The van der Waals surface area contributed by atoms with Gasteiger partial charge in [0.25, 0.3) is 0 Å². The van der Waals surface area contributed by atoms with E-state index in [1.165, 1.54) is 64.3 Å². The van der Waals surface area contributed by atoms with Crippen LogP contribution in [0.2, 0.25) is 0 Å². The van der Waals surface area contributed by atoms with Crippen LogP contribution in [-0.2, 0) is 0 Å². The van der Waals surface area contributed by atoms with Crippen LogP contribution < -0.4 is 5.32 Å². The van der Waals surface area contributed by atoms with Gasteiger partial charge in [-0.1, -0.05) is 52.4 Å². The fourth-order valence-electron chi connectivity index (χ4n) is 4.22. The van der Waals surface area contributed by atoms with Crippen molar-refractivity contribution < 1.29 is 0 Å². The van der Waals surface area contributed by atoms with Gasteiger partial charge >= 0.3 is 0 Å². The summed E-state index contributed by atoms with van der Waals surface area (Å²) in [6.07, 6.45) is 13.2. The Morgan fingerprint density at radius 2 is 1.65 bits per heavy atom. The Kier molecular flexibility index (Phi) is 5.34. The van der Waals surface area contributed by atoms with E-state index in [1.54, 1.807) is 0 Å². The predicted molar refractivity (Wildman–Crippen MR) is 75.2 cm³/mol. The smallest absolute Gasteiger partial charge is 0.00955 e. The molecule has 1 heteroatoms. The van der Waals surface area contributed by atoms with Gasteiger partial charge in [0.15, 0.2) is 0 Å². The molecule has 2 fully saturated rings. The second kappa shape index (κ2) is 6.78. The molecule has 2 saturated carbocycles. The van der Waals surface area contributed by atoms with Crippen LogP contribution in [0.3, 0.4) is 0 Å². The standard InChI is InChI=1S/C16H31N/c1-3-12-17-16-11-10-15(13(16)2)14-8-6-4-5-7-9-14/h13-17H,3-12H2,1-2H3. The molecule has 0 aromatic heterocycles. The van der Waals surface area contributed by atoms with E-state index in [4.69, 9.17) is 0 Å². The monoisotopic (exact) mass is 237 g/mol. The third-order valence-electron chi connectivity index (χ3n) is 5.28. The Bertz CT molecular complexity index is 206. The first-order chi connectivity index (χ1) is 8.33. The molecule has 2 aliphatic rings. The molecule has 0 saturated heterocycles. The molecule has 0 bridgehead atoms. The van der Waals surface area contributed by atoms with E-state index in [0.717, 1.165) is 23.8 Å². The van der Waals surface area contributed by atoms with Crippen molar-refractivity contribution in [2.45, 2.75) is 77.7 Å². The minimum atomic E-state index is 0.822. The van der Waals surface area contributed by atoms with E-state index >= 15 is 0 Å². The van der Waals surface area contributed by atoms with E-state index in [-0.39, 0.29) is 0 Å². The quantitative estimate of drug-likeness (QED) is 0.716. The van der Waals surface area contributed by atoms with Crippen LogP contribution in [0.1, 0.15) is 71.6 Å². The first kappa shape index (κ1) is 13.4. The molecule has 0 aromatic carbocycles. The molecular weight excluding hydrogens is 206 g/mol. The molecule has 0 spiro atoms. The molecule has 0 heterocycles. The Morgan fingerprint density at radius 3 is 2.29 bits per heavy atom. The van der Waals surface area contributed by atoms with Crippen molar-refractivity contribution in [3.05, 3.63) is 0 Å². The SMILES string of the molecule is CCCNC1CCC(C2CCCCCC2)C1C. The van der Waals surface area contributed by atoms with Gasteiger partial charge < -0.3 is 5.32 Å². The second-order valence-corrected chi connectivity index (χ2v) is 6.41. The largest absolute Gasteiger partial charge is 0.314 e. The van der Waals surface area contributed by atoms with Crippen molar-refractivity contribution in [1.29, 1.82) is 0 Å². The Balaban J connectivity index is 1.84. The number of hydrogen-bond acceptors (Lipinski definition) is 1. The van der Waals surface area contributed by atoms with Crippen LogP contribution in [0.15, 0.2) is 0 Å². The number of rotatable bonds is 4. The summed E-state index contributed by atoms with van der Waals surface area (Å²) in [5.74, 6) is 3.01. The molecule has 17 heavy (non-hydrogen) atoms. The zero-order chi connectivity index (χ0) is 12.1. The van der Waals surface area contributed by atoms with Crippen LogP contribution in [0.4, 0.5) is 0 Å². The van der Waals surface area contributed by atoms with Gasteiger partial charge in [0.05, 0.1) is 0 Å². The molecule has 100 valence electrons. The van der Waals surface area contributed by atoms with Crippen LogP contribution >= 0.6 is 0 Å². The molecule has 3 unspecified atom stereocenters. The minimum absolute atomic E-state index is 0.822. The van der Waals surface area contributed by atoms with E-state index in [0.29, 0.717) is 0 Å². The van der Waals surface area contributed by atoms with Gasteiger partial charge in [0.2, 0.25) is 0 Å². The van der Waals surface area contributed by atoms with Crippen molar-refractivity contribution in [3.63, 3.8) is 0 Å². The zero-order valence-electron chi connectivity index (χ0n) is 11.9. The molecule has 0 aromatic rings. The highest BCUT2D eigenvalue weighted by molar-refractivity contribution is 4.90. The maximum absolute atomic E-state index is 3.77. The van der Waals surface area contributed by atoms with Crippen LogP contribution in [0, 0.1) is 17.8 Å². The Morgan fingerprint density at radius 1 is 0.941 bits per heavy atom. The summed E-state index contributed by atoms with van der Waals surface area (Å²) >= 11 is 0. The maximum Gasteiger partial charge on any atom is 0.00955 e. The Labute approximate surface area is 108 Å². The van der Waals surface area contributed by atoms with Gasteiger partial charge in [0.1, 0.15) is 0 Å². The fraction of sp³-hybridized carbons (Fsp3) is 1.00. The fourth-order valence-corrected chi connectivity index (χ4v) is 4.22. The van der Waals surface area contributed by atoms with Gasteiger partial charge in [-0.2, -0.15) is 0 Å². The summed E-state index contributed by atoms with van der Waals surface area (Å²) in [6, 6.07) is 0.822. The highest BCUT2D eigenvalue weighted by Crippen LogP contribution is 2.42. The van der Waals surface area contributed by atoms with Gasteiger partial charge in [-0.15, -0.1) is 0 Å². The summed E-state index contributed by atoms with van der Waals surface area (Å²) in [5.41, 5.74) is 0. The summed E-state index contributed by atoms with van der Waals surface area (Å²) in [5, 5.41) is 3.77. The first-order valence-electron chi connectivity index (χ1n) is 8.06. The van der Waals surface area contributed by atoms with E-state index in [2.05, 4.69) is 19.2 Å². The molecule has 1 nitrogen and oxygen atoms in total. The summed E-state index contributed by atoms with van der Waals surface area (Å²) < 4.78 is 0. The van der Waals surface area contributed by atoms with Crippen molar-refractivity contribution in [3.8, 4) is 0 Å². The zero-order valence-corrected chi connectivity index (χ0v) is 11.9. The molecule has 0 radical (unpaired) electrons. The van der Waals surface area contributed by atoms with Crippen LogP contribution in [0.25, 0.3) is 0 Å². The van der Waals surface area contributed by atoms with E-state index in [9.17, 15) is 0 Å². The van der Waals surface area contributed by atoms with Gasteiger partial charge in [-0.05, 0) is 43.6 Å². The third kappa shape index (κ3) is 3.47. The highest BCUT2D eigenvalue weighted by Gasteiger charge is 2.36. The lowest BCUT2D eigenvalue weighted by molar-refractivity contribution is 0.231. The lowest BCUT2D eigenvalue weighted by Crippen LogP contribution is -2.34. The average molecular weight is 237 g/mol. The van der Waals surface area contributed by atoms with Crippen molar-refractivity contribution in [2.24, 2.45) is 17.8 Å². The minimum Gasteiger partial charge on any atom is -0.314 e. The van der Waals surface area contributed by atoms with Crippen LogP contribution in [-0.4, -0.2) is 12.6 Å². The molecule has 1 N–H and O–H groups in total. The summed E-state index contributed by atoms with van der Waals surface area (Å²) in [7, 11) is 0. The van der Waals surface area contributed by atoms with Crippen LogP contribution in [0.5, 0.6) is 0 Å². The lowest BCUT2D eigenvalue weighted by atomic mass is 9.79. The summed E-state index contributed by atoms with van der Waals surface area (Å²) in [6.45, 7) is 6.00. The Hall–Kier alpha value is -0.0400. The number of nitrogens with one attached hydrogen (secondary N) is 1. The third-order valence-corrected chi connectivity index (χ3v) is 5.28. The molecule has 2 rings (SSSR count). The lowest BCUT2D eigenvalue weighted by Gasteiger charge is -2.28. The highest BCUT2D eigenvalue weighted by atomic mass is 14.9. The maximum atomic E-state index is 3.77. The van der Waals surface area contributed by atoms with Gasteiger partial charge in [0, 0.05) is 6.04 Å². The molecular formula is C16H31N. The molecule has 0 amide bonds. The topological polar surface area (TPSA) is 12.0 Å². The van der Waals surface area contributed by atoms with Gasteiger partial charge in [-0.3, -0.25) is 0 Å². The molecule has 0 aliphatic heterocycles. The number of hydrogen-bond donors (Lipinski definition) is 1. The predicted octanol–water partition coefficient (Wildman–Crippen LogP) is 4.37. The average Bonchev–Trinajstić information content (AvgIpc) is 2.58. The van der Waals surface area contributed by atoms with Crippen molar-refractivity contribution >= 4 is 0 Å². The normalized spacial score (nSPS) is 36.0. The molecule has 2 aliphatic carbocycles.